The van der Waals surface area contributed by atoms with Crippen molar-refractivity contribution in [2.45, 2.75) is 65.3 Å². The van der Waals surface area contributed by atoms with Crippen molar-refractivity contribution < 1.29 is 9.59 Å². The predicted molar refractivity (Wildman–Crippen MR) is 103 cm³/mol. The van der Waals surface area contributed by atoms with Gasteiger partial charge in [0.25, 0.3) is 0 Å². The zero-order valence-corrected chi connectivity index (χ0v) is 16.2. The number of hydrogen-bond donors (Lipinski definition) is 1. The SMILES string of the molecule is CCCCCC(=O)N1CC[C@@H](CC(=O)NCc2cccnc2)[C@@H](CC)C1. The summed E-state index contributed by atoms with van der Waals surface area (Å²) in [4.78, 5) is 30.8. The molecule has 1 saturated heterocycles. The minimum atomic E-state index is 0.0972. The largest absolute Gasteiger partial charge is 0.352 e. The molecule has 0 bridgehead atoms. The molecule has 0 aliphatic carbocycles. The highest BCUT2D eigenvalue weighted by atomic mass is 16.2. The van der Waals surface area contributed by atoms with E-state index in [1.54, 1.807) is 12.4 Å². The van der Waals surface area contributed by atoms with Crippen LogP contribution in [0.4, 0.5) is 0 Å². The van der Waals surface area contributed by atoms with E-state index in [-0.39, 0.29) is 11.8 Å². The number of nitrogens with one attached hydrogen (secondary N) is 1. The standard InChI is InChI=1S/C21H33N3O2/c1-3-5-6-9-21(26)24-12-10-19(18(4-2)16-24)13-20(25)23-15-17-8-7-11-22-14-17/h7-8,11,14,18-19H,3-6,9-10,12-13,15-16H2,1-2H3,(H,23,25)/t18-,19-/m0/s1. The van der Waals surface area contributed by atoms with Crippen molar-refractivity contribution in [3.63, 3.8) is 0 Å². The molecule has 2 atom stereocenters. The van der Waals surface area contributed by atoms with E-state index in [1.807, 2.05) is 17.0 Å². The second kappa shape index (κ2) is 10.9. The lowest BCUT2D eigenvalue weighted by Gasteiger charge is -2.38. The average Bonchev–Trinajstić information content (AvgIpc) is 2.67. The van der Waals surface area contributed by atoms with Crippen LogP contribution in [-0.2, 0) is 16.1 Å². The molecule has 5 nitrogen and oxygen atoms in total. The molecule has 1 aromatic rings. The first kappa shape index (κ1) is 20.4. The summed E-state index contributed by atoms with van der Waals surface area (Å²) >= 11 is 0. The molecule has 0 aromatic carbocycles. The fourth-order valence-electron chi connectivity index (χ4n) is 3.74. The van der Waals surface area contributed by atoms with Gasteiger partial charge in [0.1, 0.15) is 0 Å². The van der Waals surface area contributed by atoms with Crippen LogP contribution in [0.25, 0.3) is 0 Å². The van der Waals surface area contributed by atoms with E-state index in [2.05, 4.69) is 24.1 Å². The second-order valence-electron chi connectivity index (χ2n) is 7.36. The summed E-state index contributed by atoms with van der Waals surface area (Å²) in [7, 11) is 0. The Hall–Kier alpha value is -1.91. The molecule has 0 saturated carbocycles. The molecule has 1 aliphatic rings. The van der Waals surface area contributed by atoms with Crippen LogP contribution in [0.3, 0.4) is 0 Å². The smallest absolute Gasteiger partial charge is 0.222 e. The predicted octanol–water partition coefficient (Wildman–Crippen LogP) is 3.54. The van der Waals surface area contributed by atoms with Gasteiger partial charge in [-0.25, -0.2) is 0 Å². The Kier molecular flexibility index (Phi) is 8.59. The van der Waals surface area contributed by atoms with Crippen molar-refractivity contribution in [1.29, 1.82) is 0 Å². The first-order chi connectivity index (χ1) is 12.6. The molecule has 1 aromatic heterocycles. The number of carbonyl (C=O) groups is 2. The average molecular weight is 360 g/mol. The number of piperidine rings is 1. The summed E-state index contributed by atoms with van der Waals surface area (Å²) in [5, 5.41) is 3.00. The fraction of sp³-hybridized carbons (Fsp3) is 0.667. The lowest BCUT2D eigenvalue weighted by molar-refractivity contribution is -0.134. The topological polar surface area (TPSA) is 62.3 Å². The minimum absolute atomic E-state index is 0.0972. The lowest BCUT2D eigenvalue weighted by atomic mass is 9.81. The summed E-state index contributed by atoms with van der Waals surface area (Å²) in [5.74, 6) is 1.17. The van der Waals surface area contributed by atoms with Crippen LogP contribution in [0.2, 0.25) is 0 Å². The summed E-state index contributed by atoms with van der Waals surface area (Å²) in [6, 6.07) is 3.84. The van der Waals surface area contributed by atoms with Gasteiger partial charge in [0, 0.05) is 44.9 Å². The van der Waals surface area contributed by atoms with Crippen molar-refractivity contribution in [2.24, 2.45) is 11.8 Å². The van der Waals surface area contributed by atoms with E-state index in [4.69, 9.17) is 0 Å². The Balaban J connectivity index is 1.77. The number of aromatic nitrogens is 1. The monoisotopic (exact) mass is 359 g/mol. The Morgan fingerprint density at radius 1 is 1.27 bits per heavy atom. The lowest BCUT2D eigenvalue weighted by Crippen LogP contribution is -2.44. The highest BCUT2D eigenvalue weighted by Crippen LogP contribution is 2.29. The highest BCUT2D eigenvalue weighted by Gasteiger charge is 2.31. The molecule has 2 amide bonds. The maximum absolute atomic E-state index is 12.4. The van der Waals surface area contributed by atoms with Crippen LogP contribution in [0, 0.1) is 11.8 Å². The Labute approximate surface area is 157 Å². The highest BCUT2D eigenvalue weighted by molar-refractivity contribution is 5.77. The Bertz CT molecular complexity index is 562. The molecule has 0 unspecified atom stereocenters. The first-order valence-corrected chi connectivity index (χ1v) is 10.1. The molecule has 144 valence electrons. The molecule has 2 heterocycles. The Morgan fingerprint density at radius 3 is 2.81 bits per heavy atom. The Morgan fingerprint density at radius 2 is 2.12 bits per heavy atom. The van der Waals surface area contributed by atoms with Crippen molar-refractivity contribution in [2.75, 3.05) is 13.1 Å². The van der Waals surface area contributed by atoms with Crippen molar-refractivity contribution >= 4 is 11.8 Å². The van der Waals surface area contributed by atoms with E-state index in [9.17, 15) is 9.59 Å². The molecule has 26 heavy (non-hydrogen) atoms. The summed E-state index contributed by atoms with van der Waals surface area (Å²) < 4.78 is 0. The molecule has 2 rings (SSSR count). The van der Waals surface area contributed by atoms with Gasteiger partial charge in [0.05, 0.1) is 0 Å². The van der Waals surface area contributed by atoms with Gasteiger partial charge in [-0.15, -0.1) is 0 Å². The zero-order chi connectivity index (χ0) is 18.8. The minimum Gasteiger partial charge on any atom is -0.352 e. The number of nitrogens with zero attached hydrogens (tertiary/aromatic N) is 2. The van der Waals surface area contributed by atoms with Gasteiger partial charge in [0.15, 0.2) is 0 Å². The quantitative estimate of drug-likeness (QED) is 0.686. The number of pyridine rings is 1. The van der Waals surface area contributed by atoms with Gasteiger partial charge in [-0.1, -0.05) is 39.2 Å². The maximum atomic E-state index is 12.4. The summed E-state index contributed by atoms with van der Waals surface area (Å²) in [5.41, 5.74) is 1.01. The van der Waals surface area contributed by atoms with Gasteiger partial charge in [-0.3, -0.25) is 14.6 Å². The van der Waals surface area contributed by atoms with Crippen LogP contribution in [0.1, 0.15) is 64.4 Å². The molecular formula is C21H33N3O2. The van der Waals surface area contributed by atoms with Gasteiger partial charge in [0.2, 0.25) is 11.8 Å². The normalized spacial score (nSPS) is 20.0. The second-order valence-corrected chi connectivity index (χ2v) is 7.36. The van der Waals surface area contributed by atoms with Gasteiger partial charge in [-0.05, 0) is 36.3 Å². The van der Waals surface area contributed by atoms with Gasteiger partial charge in [-0.2, -0.15) is 0 Å². The third-order valence-corrected chi connectivity index (χ3v) is 5.42. The van der Waals surface area contributed by atoms with Crippen molar-refractivity contribution in [1.82, 2.24) is 15.2 Å². The molecule has 0 spiro atoms. The molecule has 5 heteroatoms. The number of likely N-dealkylation sites (tertiary alicyclic amines) is 1. The van der Waals surface area contributed by atoms with E-state index in [1.165, 1.54) is 0 Å². The molecular weight excluding hydrogens is 326 g/mol. The number of unbranched alkanes of at least 4 members (excludes halogenated alkanes) is 2. The first-order valence-electron chi connectivity index (χ1n) is 10.1. The number of hydrogen-bond acceptors (Lipinski definition) is 3. The third-order valence-electron chi connectivity index (χ3n) is 5.42. The van der Waals surface area contributed by atoms with E-state index < -0.39 is 0 Å². The van der Waals surface area contributed by atoms with Crippen LogP contribution >= 0.6 is 0 Å². The van der Waals surface area contributed by atoms with Crippen molar-refractivity contribution in [3.8, 4) is 0 Å². The van der Waals surface area contributed by atoms with E-state index in [0.717, 1.165) is 50.8 Å². The van der Waals surface area contributed by atoms with Crippen LogP contribution in [-0.4, -0.2) is 34.8 Å². The summed E-state index contributed by atoms with van der Waals surface area (Å²) in [6.07, 6.45) is 9.92. The van der Waals surface area contributed by atoms with Crippen LogP contribution in [0.15, 0.2) is 24.5 Å². The number of rotatable bonds is 9. The molecule has 0 radical (unpaired) electrons. The van der Waals surface area contributed by atoms with Crippen LogP contribution in [0.5, 0.6) is 0 Å². The third kappa shape index (κ3) is 6.43. The van der Waals surface area contributed by atoms with Crippen LogP contribution < -0.4 is 5.32 Å². The van der Waals surface area contributed by atoms with E-state index >= 15 is 0 Å². The molecule has 1 aliphatic heterocycles. The van der Waals surface area contributed by atoms with Crippen molar-refractivity contribution in [3.05, 3.63) is 30.1 Å². The van der Waals surface area contributed by atoms with Gasteiger partial charge < -0.3 is 10.2 Å². The van der Waals surface area contributed by atoms with Gasteiger partial charge >= 0.3 is 0 Å². The van der Waals surface area contributed by atoms with E-state index in [0.29, 0.717) is 31.2 Å². The maximum Gasteiger partial charge on any atom is 0.222 e. The summed E-state index contributed by atoms with van der Waals surface area (Å²) in [6.45, 7) is 6.45. The number of amides is 2. The fourth-order valence-corrected chi connectivity index (χ4v) is 3.74. The number of carbonyl (C=O) groups excluding carboxylic acids is 2. The molecule has 1 N–H and O–H groups in total. The zero-order valence-electron chi connectivity index (χ0n) is 16.2. The molecule has 1 fully saturated rings.